The highest BCUT2D eigenvalue weighted by molar-refractivity contribution is 9.09. The Bertz CT molecular complexity index is 594. The van der Waals surface area contributed by atoms with Crippen molar-refractivity contribution in [3.63, 3.8) is 0 Å². The lowest BCUT2D eigenvalue weighted by Crippen LogP contribution is -2.57. The number of rotatable bonds is 3. The van der Waals surface area contributed by atoms with Gasteiger partial charge in [0.1, 0.15) is 0 Å². The van der Waals surface area contributed by atoms with E-state index in [1.165, 1.54) is 45.4 Å². The van der Waals surface area contributed by atoms with Crippen LogP contribution in [0, 0.1) is 34.5 Å². The van der Waals surface area contributed by atoms with Crippen LogP contribution in [0.4, 0.5) is 0 Å². The van der Waals surface area contributed by atoms with Gasteiger partial charge in [0.25, 0.3) is 0 Å². The minimum Gasteiger partial charge on any atom is -0.466 e. The zero-order valence-corrected chi connectivity index (χ0v) is 18.9. The smallest absolute Gasteiger partial charge is 0.302 e. The lowest BCUT2D eigenvalue weighted by Gasteiger charge is -2.62. The Balaban J connectivity index is 1.54. The fraction of sp³-hybridized carbons (Fsp3) is 0.957. The largest absolute Gasteiger partial charge is 0.466 e. The Labute approximate surface area is 173 Å². The molecule has 0 heterocycles. The molecule has 0 saturated heterocycles. The lowest BCUT2D eigenvalue weighted by atomic mass is 9.44. The molecule has 0 bridgehead atoms. The average molecular weight is 441 g/mol. The van der Waals surface area contributed by atoms with Crippen LogP contribution in [-0.4, -0.2) is 28.1 Å². The second-order valence-electron chi connectivity index (χ2n) is 10.6. The second kappa shape index (κ2) is 7.00. The summed E-state index contributed by atoms with van der Waals surface area (Å²) in [5.41, 5.74) is -0.199. The molecular weight excluding hydrogens is 404 g/mol. The molecule has 4 aliphatic carbocycles. The van der Waals surface area contributed by atoms with Crippen molar-refractivity contribution in [3.8, 4) is 0 Å². The van der Waals surface area contributed by atoms with Gasteiger partial charge in [0.15, 0.2) is 0 Å². The van der Waals surface area contributed by atoms with Gasteiger partial charge in [-0.1, -0.05) is 36.2 Å². The molecule has 0 amide bonds. The molecule has 4 fully saturated rings. The molecule has 4 heteroatoms. The van der Waals surface area contributed by atoms with E-state index in [0.29, 0.717) is 29.2 Å². The van der Waals surface area contributed by atoms with Crippen molar-refractivity contribution in [2.24, 2.45) is 34.5 Å². The van der Waals surface area contributed by atoms with Crippen LogP contribution >= 0.6 is 15.9 Å². The monoisotopic (exact) mass is 440 g/mol. The molecule has 4 saturated carbocycles. The Morgan fingerprint density at radius 2 is 1.78 bits per heavy atom. The molecule has 0 spiro atoms. The minimum atomic E-state index is -0.666. The summed E-state index contributed by atoms with van der Waals surface area (Å²) in [5, 5.41) is 11.6. The third-order valence-corrected chi connectivity index (χ3v) is 10.8. The van der Waals surface area contributed by atoms with Crippen molar-refractivity contribution >= 4 is 21.9 Å². The molecule has 154 valence electrons. The number of esters is 1. The molecule has 0 aromatic carbocycles. The standard InChI is InChI=1S/C23H37BrO3/c1-15(25)27-14-13-23(26)12-9-18-16-6-7-19-20(24)5-4-10-21(19,2)17(16)8-11-22(18,23)3/h16-20,26H,4-14H2,1-3H3/t16-,17+,18+,19?,20?,21-,22+,23+/m1/s1. The third-order valence-electron chi connectivity index (χ3n) is 9.72. The zero-order chi connectivity index (χ0) is 19.4. The van der Waals surface area contributed by atoms with E-state index in [2.05, 4.69) is 29.8 Å². The van der Waals surface area contributed by atoms with Crippen LogP contribution in [0.1, 0.15) is 85.0 Å². The number of hydrogen-bond donors (Lipinski definition) is 1. The first-order chi connectivity index (χ1) is 12.7. The van der Waals surface area contributed by atoms with Crippen molar-refractivity contribution < 1.29 is 14.6 Å². The maximum absolute atomic E-state index is 11.6. The highest BCUT2D eigenvalue weighted by Crippen LogP contribution is 2.69. The van der Waals surface area contributed by atoms with E-state index in [0.717, 1.165) is 37.0 Å². The van der Waals surface area contributed by atoms with E-state index < -0.39 is 5.60 Å². The first kappa shape index (κ1) is 20.2. The van der Waals surface area contributed by atoms with Gasteiger partial charge in [-0.2, -0.15) is 0 Å². The van der Waals surface area contributed by atoms with Gasteiger partial charge in [-0.25, -0.2) is 0 Å². The van der Waals surface area contributed by atoms with Crippen LogP contribution in [0.5, 0.6) is 0 Å². The van der Waals surface area contributed by atoms with Crippen LogP contribution in [0.3, 0.4) is 0 Å². The van der Waals surface area contributed by atoms with Crippen LogP contribution in [0.15, 0.2) is 0 Å². The summed E-state index contributed by atoms with van der Waals surface area (Å²) in [6, 6.07) is 0. The summed E-state index contributed by atoms with van der Waals surface area (Å²) >= 11 is 4.03. The van der Waals surface area contributed by atoms with E-state index >= 15 is 0 Å². The van der Waals surface area contributed by atoms with E-state index in [4.69, 9.17) is 4.74 Å². The van der Waals surface area contributed by atoms with Gasteiger partial charge >= 0.3 is 5.97 Å². The predicted molar refractivity (Wildman–Crippen MR) is 111 cm³/mol. The number of aliphatic hydroxyl groups is 1. The first-order valence-electron chi connectivity index (χ1n) is 11.2. The summed E-state index contributed by atoms with van der Waals surface area (Å²) < 4.78 is 5.19. The average Bonchev–Trinajstić information content (AvgIpc) is 2.86. The van der Waals surface area contributed by atoms with Gasteiger partial charge in [-0.3, -0.25) is 4.79 Å². The molecule has 0 aliphatic heterocycles. The summed E-state index contributed by atoms with van der Waals surface area (Å²) in [4.78, 5) is 11.9. The zero-order valence-electron chi connectivity index (χ0n) is 17.3. The van der Waals surface area contributed by atoms with Gasteiger partial charge in [0.05, 0.1) is 12.2 Å². The van der Waals surface area contributed by atoms with Crippen molar-refractivity contribution in [2.45, 2.75) is 95.4 Å². The fourth-order valence-electron chi connectivity index (χ4n) is 8.21. The Hall–Kier alpha value is -0.0900. The number of ether oxygens (including phenoxy) is 1. The van der Waals surface area contributed by atoms with Crippen LogP contribution in [-0.2, 0) is 9.53 Å². The van der Waals surface area contributed by atoms with Crippen molar-refractivity contribution in [1.82, 2.24) is 0 Å². The van der Waals surface area contributed by atoms with Gasteiger partial charge in [-0.05, 0) is 85.9 Å². The topological polar surface area (TPSA) is 46.5 Å². The van der Waals surface area contributed by atoms with E-state index in [9.17, 15) is 9.90 Å². The molecule has 3 nitrogen and oxygen atoms in total. The number of halogens is 1. The van der Waals surface area contributed by atoms with E-state index in [-0.39, 0.29) is 11.4 Å². The quantitative estimate of drug-likeness (QED) is 0.466. The summed E-state index contributed by atoms with van der Waals surface area (Å²) in [5.74, 6) is 2.82. The van der Waals surface area contributed by atoms with E-state index in [1.54, 1.807) is 0 Å². The maximum Gasteiger partial charge on any atom is 0.302 e. The van der Waals surface area contributed by atoms with Crippen molar-refractivity contribution in [1.29, 1.82) is 0 Å². The normalized spacial score (nSPS) is 51.8. The lowest BCUT2D eigenvalue weighted by molar-refractivity contribution is -0.160. The molecule has 2 unspecified atom stereocenters. The molecule has 4 rings (SSSR count). The first-order valence-corrected chi connectivity index (χ1v) is 12.1. The summed E-state index contributed by atoms with van der Waals surface area (Å²) in [6.45, 7) is 6.74. The minimum absolute atomic E-state index is 0.0139. The summed E-state index contributed by atoms with van der Waals surface area (Å²) in [7, 11) is 0. The predicted octanol–water partition coefficient (Wildman–Crippen LogP) is 5.48. The Morgan fingerprint density at radius 1 is 1.04 bits per heavy atom. The third kappa shape index (κ3) is 3.03. The van der Waals surface area contributed by atoms with E-state index in [1.807, 2.05) is 0 Å². The summed E-state index contributed by atoms with van der Waals surface area (Å²) in [6.07, 6.45) is 11.8. The molecule has 8 atom stereocenters. The van der Waals surface area contributed by atoms with Gasteiger partial charge in [0, 0.05) is 18.2 Å². The SMILES string of the molecule is CC(=O)OCC[C@@]1(O)CC[C@H]2[C@@H]3CCC4C(Br)CCC[C@]4(C)[C@H]3CC[C@@]21C. The van der Waals surface area contributed by atoms with Crippen LogP contribution in [0.25, 0.3) is 0 Å². The second-order valence-corrected chi connectivity index (χ2v) is 11.8. The Kier molecular flexibility index (Phi) is 5.24. The number of carbonyl (C=O) groups excluding carboxylic acids is 1. The van der Waals surface area contributed by atoms with Crippen LogP contribution in [0.2, 0.25) is 0 Å². The van der Waals surface area contributed by atoms with Crippen LogP contribution < -0.4 is 0 Å². The van der Waals surface area contributed by atoms with Gasteiger partial charge in [0.2, 0.25) is 0 Å². The molecule has 27 heavy (non-hydrogen) atoms. The molecule has 4 aliphatic rings. The number of carbonyl (C=O) groups is 1. The van der Waals surface area contributed by atoms with Gasteiger partial charge < -0.3 is 9.84 Å². The van der Waals surface area contributed by atoms with Crippen molar-refractivity contribution in [3.05, 3.63) is 0 Å². The molecule has 0 aromatic heterocycles. The maximum atomic E-state index is 11.6. The molecular formula is C23H37BrO3. The van der Waals surface area contributed by atoms with Crippen molar-refractivity contribution in [2.75, 3.05) is 6.61 Å². The molecule has 0 radical (unpaired) electrons. The number of hydrogen-bond acceptors (Lipinski definition) is 3. The van der Waals surface area contributed by atoms with Gasteiger partial charge in [-0.15, -0.1) is 0 Å². The Morgan fingerprint density at radius 3 is 2.52 bits per heavy atom. The molecule has 0 aromatic rings. The number of alkyl halides is 1. The number of fused-ring (bicyclic) bond motifs is 5. The highest BCUT2D eigenvalue weighted by atomic mass is 79.9. The highest BCUT2D eigenvalue weighted by Gasteiger charge is 2.64. The molecule has 1 N–H and O–H groups in total. The fourth-order valence-corrected chi connectivity index (χ4v) is 9.41.